The minimum absolute atomic E-state index is 0.0279. The molecule has 5 nitrogen and oxygen atoms in total. The summed E-state index contributed by atoms with van der Waals surface area (Å²) >= 11 is 0. The number of rotatable bonds is 6. The zero-order valence-electron chi connectivity index (χ0n) is 16.4. The van der Waals surface area contributed by atoms with E-state index in [1.807, 2.05) is 20.9 Å². The van der Waals surface area contributed by atoms with Gasteiger partial charge < -0.3 is 9.64 Å². The first-order chi connectivity index (χ1) is 13.1. The molecule has 1 aliphatic carbocycles. The molecule has 1 unspecified atom stereocenters. The SMILES string of the molecule is Cc1nn(C)c(C)c1CN(C(=O)C(C)Oc1cccc(C(F)(F)F)c1)C1CC1. The fourth-order valence-corrected chi connectivity index (χ4v) is 3.22. The van der Waals surface area contributed by atoms with Crippen molar-refractivity contribution in [1.82, 2.24) is 14.7 Å². The molecule has 2 aromatic rings. The quantitative estimate of drug-likeness (QED) is 0.742. The molecule has 0 spiro atoms. The number of hydrogen-bond donors (Lipinski definition) is 0. The van der Waals surface area contributed by atoms with Crippen molar-refractivity contribution in [2.24, 2.45) is 7.05 Å². The number of aromatic nitrogens is 2. The lowest BCUT2D eigenvalue weighted by Gasteiger charge is -2.26. The Morgan fingerprint density at radius 1 is 1.36 bits per heavy atom. The van der Waals surface area contributed by atoms with Crippen LogP contribution in [0.15, 0.2) is 24.3 Å². The molecule has 1 atom stereocenters. The van der Waals surface area contributed by atoms with Gasteiger partial charge in [0.2, 0.25) is 0 Å². The van der Waals surface area contributed by atoms with Crippen LogP contribution in [0, 0.1) is 13.8 Å². The van der Waals surface area contributed by atoms with E-state index in [2.05, 4.69) is 5.10 Å². The highest BCUT2D eigenvalue weighted by molar-refractivity contribution is 5.81. The highest BCUT2D eigenvalue weighted by Crippen LogP contribution is 2.33. The van der Waals surface area contributed by atoms with Crippen molar-refractivity contribution >= 4 is 5.91 Å². The van der Waals surface area contributed by atoms with Crippen LogP contribution in [0.4, 0.5) is 13.2 Å². The van der Waals surface area contributed by atoms with Crippen molar-refractivity contribution in [3.8, 4) is 5.75 Å². The first-order valence-corrected chi connectivity index (χ1v) is 9.21. The van der Waals surface area contributed by atoms with Gasteiger partial charge in [-0.15, -0.1) is 0 Å². The molecule has 0 bridgehead atoms. The average molecular weight is 395 g/mol. The molecule has 1 aromatic heterocycles. The Balaban J connectivity index is 1.75. The molecule has 1 fully saturated rings. The van der Waals surface area contributed by atoms with Gasteiger partial charge in [0.1, 0.15) is 5.75 Å². The predicted molar refractivity (Wildman–Crippen MR) is 97.8 cm³/mol. The second-order valence-electron chi connectivity index (χ2n) is 7.26. The fraction of sp³-hybridized carbons (Fsp3) is 0.500. The molecule has 0 aliphatic heterocycles. The summed E-state index contributed by atoms with van der Waals surface area (Å²) in [6.07, 6.45) is -3.51. The second-order valence-corrected chi connectivity index (χ2v) is 7.26. The standard InChI is InChI=1S/C20H24F3N3O2/c1-12-18(13(2)25(4)24-12)11-26(16-8-9-16)19(27)14(3)28-17-7-5-6-15(10-17)20(21,22)23/h5-7,10,14,16H,8-9,11H2,1-4H3. The molecule has 0 saturated heterocycles. The smallest absolute Gasteiger partial charge is 0.416 e. The van der Waals surface area contributed by atoms with Crippen molar-refractivity contribution < 1.29 is 22.7 Å². The minimum atomic E-state index is -4.46. The lowest BCUT2D eigenvalue weighted by molar-refractivity contribution is -0.139. The first-order valence-electron chi connectivity index (χ1n) is 9.21. The van der Waals surface area contributed by atoms with Gasteiger partial charge in [0.05, 0.1) is 11.3 Å². The summed E-state index contributed by atoms with van der Waals surface area (Å²) in [5.74, 6) is -0.206. The molecule has 1 aliphatic rings. The summed E-state index contributed by atoms with van der Waals surface area (Å²) < 4.78 is 46.0. The lowest BCUT2D eigenvalue weighted by atomic mass is 10.1. The van der Waals surface area contributed by atoms with Gasteiger partial charge in [0.25, 0.3) is 5.91 Å². The van der Waals surface area contributed by atoms with E-state index in [1.54, 1.807) is 16.5 Å². The number of benzene rings is 1. The maximum Gasteiger partial charge on any atom is 0.416 e. The third kappa shape index (κ3) is 4.31. The van der Waals surface area contributed by atoms with E-state index in [9.17, 15) is 18.0 Å². The number of amides is 1. The molecule has 1 saturated carbocycles. The van der Waals surface area contributed by atoms with Gasteiger partial charge in [-0.3, -0.25) is 9.48 Å². The van der Waals surface area contributed by atoms with Gasteiger partial charge in [-0.1, -0.05) is 6.07 Å². The summed E-state index contributed by atoms with van der Waals surface area (Å²) in [5.41, 5.74) is 2.05. The molecule has 8 heteroatoms. The lowest BCUT2D eigenvalue weighted by Crippen LogP contribution is -2.41. The molecule has 3 rings (SSSR count). The van der Waals surface area contributed by atoms with Gasteiger partial charge in [0, 0.05) is 30.9 Å². The Hall–Kier alpha value is -2.51. The van der Waals surface area contributed by atoms with E-state index in [0.29, 0.717) is 6.54 Å². The van der Waals surface area contributed by atoms with E-state index < -0.39 is 17.8 Å². The molecule has 1 amide bonds. The Morgan fingerprint density at radius 3 is 2.57 bits per heavy atom. The number of carbonyl (C=O) groups excluding carboxylic acids is 1. The van der Waals surface area contributed by atoms with Crippen molar-refractivity contribution in [3.05, 3.63) is 46.8 Å². The maximum atomic E-state index is 13.0. The van der Waals surface area contributed by atoms with Crippen molar-refractivity contribution in [2.75, 3.05) is 0 Å². The van der Waals surface area contributed by atoms with Gasteiger partial charge in [0.15, 0.2) is 6.10 Å². The van der Waals surface area contributed by atoms with E-state index in [4.69, 9.17) is 4.74 Å². The molecule has 1 heterocycles. The van der Waals surface area contributed by atoms with Crippen LogP contribution in [0.2, 0.25) is 0 Å². The zero-order chi connectivity index (χ0) is 20.6. The maximum absolute atomic E-state index is 13.0. The third-order valence-electron chi connectivity index (χ3n) is 5.08. The second kappa shape index (κ2) is 7.48. The molecule has 152 valence electrons. The number of alkyl halides is 3. The summed E-state index contributed by atoms with van der Waals surface area (Å²) in [7, 11) is 1.86. The van der Waals surface area contributed by atoms with E-state index in [0.717, 1.165) is 41.9 Å². The summed E-state index contributed by atoms with van der Waals surface area (Å²) in [6.45, 7) is 5.85. The number of ether oxygens (including phenoxy) is 1. The highest BCUT2D eigenvalue weighted by Gasteiger charge is 2.36. The number of halogens is 3. The molecule has 28 heavy (non-hydrogen) atoms. The highest BCUT2D eigenvalue weighted by atomic mass is 19.4. The number of hydrogen-bond acceptors (Lipinski definition) is 3. The largest absolute Gasteiger partial charge is 0.481 e. The van der Waals surface area contributed by atoms with Crippen LogP contribution in [0.5, 0.6) is 5.75 Å². The minimum Gasteiger partial charge on any atom is -0.481 e. The van der Waals surface area contributed by atoms with E-state index in [-0.39, 0.29) is 17.7 Å². The van der Waals surface area contributed by atoms with Crippen LogP contribution in [0.25, 0.3) is 0 Å². The van der Waals surface area contributed by atoms with E-state index >= 15 is 0 Å². The topological polar surface area (TPSA) is 47.4 Å². The van der Waals surface area contributed by atoms with Crippen LogP contribution in [0.3, 0.4) is 0 Å². The van der Waals surface area contributed by atoms with Crippen molar-refractivity contribution in [2.45, 2.75) is 58.5 Å². The van der Waals surface area contributed by atoms with Crippen LogP contribution in [-0.4, -0.2) is 32.7 Å². The normalized spacial score (nSPS) is 15.4. The summed E-state index contributed by atoms with van der Waals surface area (Å²) in [4.78, 5) is 14.8. The molecule has 0 radical (unpaired) electrons. The van der Waals surface area contributed by atoms with Crippen LogP contribution < -0.4 is 4.74 Å². The zero-order valence-corrected chi connectivity index (χ0v) is 16.4. The summed E-state index contributed by atoms with van der Waals surface area (Å²) in [5, 5.41) is 4.39. The van der Waals surface area contributed by atoms with Gasteiger partial charge in [-0.05, 0) is 51.8 Å². The summed E-state index contributed by atoms with van der Waals surface area (Å²) in [6, 6.07) is 4.73. The number of nitrogens with zero attached hydrogens (tertiary/aromatic N) is 3. The Labute approximate surface area is 162 Å². The van der Waals surface area contributed by atoms with E-state index in [1.165, 1.54) is 12.1 Å². The molecular formula is C20H24F3N3O2. The van der Waals surface area contributed by atoms with Crippen LogP contribution in [-0.2, 0) is 24.6 Å². The number of carbonyl (C=O) groups is 1. The van der Waals surface area contributed by atoms with Crippen molar-refractivity contribution in [1.29, 1.82) is 0 Å². The Morgan fingerprint density at radius 2 is 2.04 bits per heavy atom. The monoisotopic (exact) mass is 395 g/mol. The molecule has 0 N–H and O–H groups in total. The fourth-order valence-electron chi connectivity index (χ4n) is 3.22. The van der Waals surface area contributed by atoms with Crippen LogP contribution >= 0.6 is 0 Å². The predicted octanol–water partition coefficient (Wildman–Crippen LogP) is 4.01. The van der Waals surface area contributed by atoms with Crippen LogP contribution in [0.1, 0.15) is 42.3 Å². The first kappa shape index (κ1) is 20.2. The van der Waals surface area contributed by atoms with Gasteiger partial charge in [-0.2, -0.15) is 18.3 Å². The Kier molecular flexibility index (Phi) is 5.41. The third-order valence-corrected chi connectivity index (χ3v) is 5.08. The number of aryl methyl sites for hydroxylation is 2. The average Bonchev–Trinajstić information content (AvgIpc) is 3.42. The van der Waals surface area contributed by atoms with Gasteiger partial charge >= 0.3 is 6.18 Å². The molecular weight excluding hydrogens is 371 g/mol. The van der Waals surface area contributed by atoms with Gasteiger partial charge in [-0.25, -0.2) is 0 Å². The van der Waals surface area contributed by atoms with Crippen molar-refractivity contribution in [3.63, 3.8) is 0 Å². The molecule has 1 aromatic carbocycles. The Bertz CT molecular complexity index is 872.